The Morgan fingerprint density at radius 1 is 0.660 bits per heavy atom. The van der Waals surface area contributed by atoms with Crippen molar-refractivity contribution in [1.29, 1.82) is 0 Å². The van der Waals surface area contributed by atoms with Crippen molar-refractivity contribution in [2.75, 3.05) is 0 Å². The minimum Gasteiger partial charge on any atom is -0.425 e. The van der Waals surface area contributed by atoms with Gasteiger partial charge in [-0.15, -0.1) is 22.7 Å². The molecule has 0 N–H and O–H groups in total. The van der Waals surface area contributed by atoms with Crippen LogP contribution in [0.4, 0.5) is 0 Å². The maximum atomic E-state index is 13.3. The molecule has 2 aromatic heterocycles. The Balaban J connectivity index is 1.26. The second-order valence-corrected chi connectivity index (χ2v) is 15.2. The van der Waals surface area contributed by atoms with Gasteiger partial charge in [0.05, 0.1) is 11.8 Å². The van der Waals surface area contributed by atoms with Crippen LogP contribution in [0.5, 0.6) is 11.5 Å². The van der Waals surface area contributed by atoms with E-state index in [1.54, 1.807) is 26.0 Å². The molecule has 2 fully saturated rings. The van der Waals surface area contributed by atoms with Gasteiger partial charge >= 0.3 is 11.9 Å². The molecular weight excluding hydrogens is 631 g/mol. The van der Waals surface area contributed by atoms with Crippen molar-refractivity contribution in [2.45, 2.75) is 85.0 Å². The largest absolute Gasteiger partial charge is 0.425 e. The zero-order chi connectivity index (χ0) is 33.1. The molecule has 4 aromatic rings. The number of ketones is 2. The summed E-state index contributed by atoms with van der Waals surface area (Å²) in [6.07, 6.45) is 7.45. The summed E-state index contributed by atoms with van der Waals surface area (Å²) in [5.41, 5.74) is 2.54. The number of Topliss-reactive ketones (excluding diaryl/α,β-unsaturated/α-hetero) is 2. The van der Waals surface area contributed by atoms with Crippen LogP contribution in [-0.2, 0) is 25.6 Å². The number of hydrogen-bond acceptors (Lipinski definition) is 9. The summed E-state index contributed by atoms with van der Waals surface area (Å²) in [5, 5.41) is 0.731. The van der Waals surface area contributed by atoms with E-state index in [9.17, 15) is 19.2 Å². The smallest absolute Gasteiger partial charge is 0.314 e. The standard InChI is InChI=1S/C38H41NO6S2/c1-4-5-30-18-21-33(46-30)26-10-12-27(13-11-26)36-39-34-31(44-37(42)28-14-6-24(7-15-28)22(2)40)19-20-32(35(34)47-36)45-38(43)29-16-8-25(9-17-29)23(3)41/h10-13,18-21,24-25,28-29H,4-9,14-17H2,1-3H3. The molecule has 2 aromatic carbocycles. The number of nitrogens with zero attached hydrogens (tertiary/aromatic N) is 1. The first-order valence-electron chi connectivity index (χ1n) is 16.8. The molecule has 2 aliphatic rings. The van der Waals surface area contributed by atoms with E-state index >= 15 is 0 Å². The van der Waals surface area contributed by atoms with Crippen molar-refractivity contribution in [1.82, 2.24) is 4.98 Å². The molecule has 2 aliphatic carbocycles. The van der Waals surface area contributed by atoms with Gasteiger partial charge in [-0.1, -0.05) is 37.6 Å². The second-order valence-electron chi connectivity index (χ2n) is 13.0. The van der Waals surface area contributed by atoms with Crippen molar-refractivity contribution in [3.8, 4) is 32.5 Å². The van der Waals surface area contributed by atoms with Gasteiger partial charge in [0.25, 0.3) is 0 Å². The van der Waals surface area contributed by atoms with Gasteiger partial charge in [0.2, 0.25) is 0 Å². The molecule has 0 atom stereocenters. The molecule has 246 valence electrons. The number of carbonyl (C=O) groups is 4. The quantitative estimate of drug-likeness (QED) is 0.122. The molecule has 2 heterocycles. The third kappa shape index (κ3) is 7.57. The third-order valence-electron chi connectivity index (χ3n) is 9.74. The first kappa shape index (κ1) is 33.2. The lowest BCUT2D eigenvalue weighted by molar-refractivity contribution is -0.141. The summed E-state index contributed by atoms with van der Waals surface area (Å²) in [7, 11) is 0. The molecule has 9 heteroatoms. The van der Waals surface area contributed by atoms with Gasteiger partial charge in [-0.25, -0.2) is 4.98 Å². The minimum absolute atomic E-state index is 0.0166. The van der Waals surface area contributed by atoms with E-state index in [0.29, 0.717) is 73.1 Å². The summed E-state index contributed by atoms with van der Waals surface area (Å²) in [4.78, 5) is 57.8. The molecule has 6 rings (SSSR count). The molecule has 2 saturated carbocycles. The first-order chi connectivity index (χ1) is 22.7. The van der Waals surface area contributed by atoms with Crippen molar-refractivity contribution < 1.29 is 28.7 Å². The first-order valence-corrected chi connectivity index (χ1v) is 18.4. The lowest BCUT2D eigenvalue weighted by atomic mass is 9.80. The average molecular weight is 672 g/mol. The highest BCUT2D eigenvalue weighted by atomic mass is 32.1. The van der Waals surface area contributed by atoms with Crippen LogP contribution >= 0.6 is 22.7 Å². The Morgan fingerprint density at radius 3 is 1.72 bits per heavy atom. The molecule has 0 spiro atoms. The fourth-order valence-electron chi connectivity index (χ4n) is 6.79. The van der Waals surface area contributed by atoms with Crippen LogP contribution in [0.3, 0.4) is 0 Å². The van der Waals surface area contributed by atoms with E-state index < -0.39 is 0 Å². The number of fused-ring (bicyclic) bond motifs is 1. The normalized spacial score (nSPS) is 21.3. The van der Waals surface area contributed by atoms with Crippen molar-refractivity contribution in [2.24, 2.45) is 23.7 Å². The van der Waals surface area contributed by atoms with Crippen molar-refractivity contribution >= 4 is 56.4 Å². The van der Waals surface area contributed by atoms with Crippen LogP contribution < -0.4 is 9.47 Å². The molecule has 0 bridgehead atoms. The van der Waals surface area contributed by atoms with Crippen molar-refractivity contribution in [3.05, 3.63) is 53.4 Å². The predicted octanol–water partition coefficient (Wildman–Crippen LogP) is 9.25. The zero-order valence-corrected chi connectivity index (χ0v) is 28.8. The molecule has 0 saturated heterocycles. The molecule has 47 heavy (non-hydrogen) atoms. The lowest BCUT2D eigenvalue weighted by Crippen LogP contribution is -2.28. The summed E-state index contributed by atoms with van der Waals surface area (Å²) in [6, 6.07) is 16.0. The Labute approximate surface area is 283 Å². The third-order valence-corrected chi connectivity index (χ3v) is 12.0. The highest BCUT2D eigenvalue weighted by Gasteiger charge is 2.32. The van der Waals surface area contributed by atoms with Gasteiger partial charge in [0, 0.05) is 27.2 Å². The Bertz CT molecular complexity index is 1690. The maximum Gasteiger partial charge on any atom is 0.314 e. The van der Waals surface area contributed by atoms with Crippen LogP contribution in [0.15, 0.2) is 48.5 Å². The summed E-state index contributed by atoms with van der Waals surface area (Å²) >= 11 is 3.22. The zero-order valence-electron chi connectivity index (χ0n) is 27.2. The molecule has 0 amide bonds. The predicted molar refractivity (Wildman–Crippen MR) is 186 cm³/mol. The fraction of sp³-hybridized carbons (Fsp3) is 0.447. The minimum atomic E-state index is -0.322. The number of rotatable bonds is 10. The fourth-order valence-corrected chi connectivity index (χ4v) is 8.94. The van der Waals surface area contributed by atoms with Crippen LogP contribution in [-0.4, -0.2) is 28.5 Å². The highest BCUT2D eigenvalue weighted by Crippen LogP contribution is 2.43. The molecular formula is C38H41NO6S2. The van der Waals surface area contributed by atoms with Crippen LogP contribution in [0.1, 0.15) is 83.4 Å². The van der Waals surface area contributed by atoms with E-state index in [4.69, 9.17) is 14.5 Å². The van der Waals surface area contributed by atoms with Gasteiger partial charge in [-0.2, -0.15) is 0 Å². The van der Waals surface area contributed by atoms with E-state index in [1.165, 1.54) is 21.1 Å². The number of thiophene rings is 1. The van der Waals surface area contributed by atoms with Gasteiger partial charge in [0.15, 0.2) is 11.5 Å². The topological polar surface area (TPSA) is 99.6 Å². The number of aryl methyl sites for hydroxylation is 1. The molecule has 0 aliphatic heterocycles. The van der Waals surface area contributed by atoms with Gasteiger partial charge in [-0.05, 0) is 101 Å². The van der Waals surface area contributed by atoms with E-state index in [1.807, 2.05) is 23.5 Å². The highest BCUT2D eigenvalue weighted by molar-refractivity contribution is 7.22. The maximum absolute atomic E-state index is 13.3. The van der Waals surface area contributed by atoms with E-state index in [0.717, 1.165) is 29.0 Å². The molecule has 0 unspecified atom stereocenters. The van der Waals surface area contributed by atoms with E-state index in [-0.39, 0.29) is 47.2 Å². The SMILES string of the molecule is CCCc1ccc(-c2ccc(-c3nc4c(OC(=O)C5CCC(C(C)=O)CC5)ccc(OC(=O)C5CCC(C(C)=O)CC5)c4s3)cc2)s1. The number of esters is 2. The van der Waals surface area contributed by atoms with Gasteiger partial charge in [0.1, 0.15) is 26.8 Å². The Morgan fingerprint density at radius 2 is 1.17 bits per heavy atom. The number of thiazole rings is 1. The Hall–Kier alpha value is -3.69. The van der Waals surface area contributed by atoms with Crippen LogP contribution in [0.2, 0.25) is 0 Å². The monoisotopic (exact) mass is 671 g/mol. The number of carbonyl (C=O) groups excluding carboxylic acids is 4. The lowest BCUT2D eigenvalue weighted by Gasteiger charge is -2.25. The number of ether oxygens (including phenoxy) is 2. The van der Waals surface area contributed by atoms with Gasteiger partial charge in [-0.3, -0.25) is 19.2 Å². The number of hydrogen-bond donors (Lipinski definition) is 0. The number of aromatic nitrogens is 1. The van der Waals surface area contributed by atoms with Crippen LogP contribution in [0, 0.1) is 23.7 Å². The van der Waals surface area contributed by atoms with E-state index in [2.05, 4.69) is 31.2 Å². The Kier molecular flexibility index (Phi) is 10.3. The van der Waals surface area contributed by atoms with Crippen molar-refractivity contribution in [3.63, 3.8) is 0 Å². The number of benzene rings is 2. The summed E-state index contributed by atoms with van der Waals surface area (Å²) < 4.78 is 12.6. The van der Waals surface area contributed by atoms with Crippen LogP contribution in [0.25, 0.3) is 31.2 Å². The molecule has 0 radical (unpaired) electrons. The summed E-state index contributed by atoms with van der Waals surface area (Å²) in [5.74, 6) is -0.0520. The summed E-state index contributed by atoms with van der Waals surface area (Å²) in [6.45, 7) is 5.42. The second kappa shape index (κ2) is 14.6. The van der Waals surface area contributed by atoms with Gasteiger partial charge < -0.3 is 9.47 Å². The molecule has 7 nitrogen and oxygen atoms in total. The average Bonchev–Trinajstić information content (AvgIpc) is 3.75.